The van der Waals surface area contributed by atoms with Gasteiger partial charge in [-0.25, -0.2) is 13.2 Å². The fourth-order valence-corrected chi connectivity index (χ4v) is 10.9. The molecule has 4 aromatic heterocycles. The first-order chi connectivity index (χ1) is 29.8. The van der Waals surface area contributed by atoms with Crippen molar-refractivity contribution in [2.75, 3.05) is 12.9 Å². The number of carboxylic acids is 1. The lowest BCUT2D eigenvalue weighted by atomic mass is 9.98. The van der Waals surface area contributed by atoms with Gasteiger partial charge in [0.05, 0.1) is 58.5 Å². The Balaban J connectivity index is 1.31. The van der Waals surface area contributed by atoms with Crippen molar-refractivity contribution in [2.24, 2.45) is 21.1 Å². The first kappa shape index (κ1) is 45.2. The number of fused-ring (bicyclic) bond motifs is 2. The minimum absolute atomic E-state index is 0.0337. The molecular weight excluding hydrogens is 896 g/mol. The molecule has 3 aromatic carbocycles. The molecule has 0 aliphatic carbocycles. The van der Waals surface area contributed by atoms with Crippen LogP contribution in [0.25, 0.3) is 32.9 Å². The summed E-state index contributed by atoms with van der Waals surface area (Å²) in [7, 11) is -3.50. The minimum Gasteiger partial charge on any atom is -0.506 e. The van der Waals surface area contributed by atoms with E-state index in [-0.39, 0.29) is 49.0 Å². The van der Waals surface area contributed by atoms with E-state index in [0.29, 0.717) is 55.9 Å². The summed E-state index contributed by atoms with van der Waals surface area (Å²) >= 11 is 8.43. The second-order valence-corrected chi connectivity index (χ2v) is 19.7. The monoisotopic (exact) mass is 936 g/mol. The molecule has 0 atom stereocenters. The van der Waals surface area contributed by atoms with E-state index in [9.17, 15) is 42.0 Å². The van der Waals surface area contributed by atoms with Crippen LogP contribution in [-0.4, -0.2) is 84.2 Å². The fraction of sp³-hybridized carbons (Fsp3) is 0.268. The number of carbonyl (C=O) groups is 1. The molecule has 0 amide bonds. The quantitative estimate of drug-likeness (QED) is 0.0317. The number of nitro groups is 1. The molecule has 0 radical (unpaired) electrons. The number of pyridine rings is 1. The maximum Gasteiger partial charge on any atom is 0.352 e. The summed E-state index contributed by atoms with van der Waals surface area (Å²) < 4.78 is 63.4. The molecule has 0 fully saturated rings. The van der Waals surface area contributed by atoms with Gasteiger partial charge in [-0.15, -0.1) is 11.8 Å². The first-order valence-electron chi connectivity index (χ1n) is 19.1. The largest absolute Gasteiger partial charge is 0.506 e. The number of para-hydroxylation sites is 1. The SMILES string of the molecule is Cc1nn(C)c(CN(Cc2cc(CSc3cc(O)c4ncccc4c3)n(C)n2)S(=O)(=O)c2ccccc2[N+](=O)[O-])c1-c1c(Cl)ccc2c(CCCOS(C)(=O)=O)c(C(=O)O)n(C)c12. The van der Waals surface area contributed by atoms with Crippen LogP contribution < -0.4 is 0 Å². The molecule has 7 rings (SSSR count). The zero-order chi connectivity index (χ0) is 45.5. The molecule has 2 N–H and O–H groups in total. The Labute approximate surface area is 371 Å². The lowest BCUT2D eigenvalue weighted by Gasteiger charge is -2.23. The first-order valence-corrected chi connectivity index (χ1v) is 23.7. The third-order valence-corrected chi connectivity index (χ3v) is 14.2. The molecule has 0 saturated carbocycles. The Morgan fingerprint density at radius 3 is 2.44 bits per heavy atom. The summed E-state index contributed by atoms with van der Waals surface area (Å²) in [5.41, 5.74) is 3.21. The zero-order valence-corrected chi connectivity index (χ0v) is 37.7. The number of sulfonamides is 1. The standard InChI is InChI=1S/C41H41ClN8O10S3/c1-24-36(37-31(42)15-14-30-29(11-9-17-60-62(5,56)57)40(41(52)53)46(2)39(30)37)33(48(4)44-24)22-49(63(58,59)35-13-7-6-12-32(35)50(54)55)21-26-19-27(47(3)45-26)23-61-28-18-25-10-8-16-43-38(25)34(51)20-28/h6-8,10,12-16,18-20,51H,9,11,17,21-23H2,1-5H3,(H,52,53). The Bertz CT molecular complexity index is 3180. The number of benzene rings is 3. The fourth-order valence-electron chi connectivity index (χ4n) is 7.75. The molecule has 7 aromatic rings. The van der Waals surface area contributed by atoms with Crippen molar-refractivity contribution in [1.29, 1.82) is 0 Å². The van der Waals surface area contributed by atoms with Crippen LogP contribution in [0.3, 0.4) is 0 Å². The van der Waals surface area contributed by atoms with Gasteiger partial charge in [-0.3, -0.25) is 28.6 Å². The van der Waals surface area contributed by atoms with E-state index in [1.807, 2.05) is 12.1 Å². The smallest absolute Gasteiger partial charge is 0.352 e. The van der Waals surface area contributed by atoms with Gasteiger partial charge in [0.2, 0.25) is 0 Å². The molecular formula is C41H41ClN8O10S3. The highest BCUT2D eigenvalue weighted by Gasteiger charge is 2.35. The molecule has 0 spiro atoms. The number of hydrogen-bond donors (Lipinski definition) is 2. The van der Waals surface area contributed by atoms with E-state index in [0.717, 1.165) is 32.6 Å². The predicted octanol–water partition coefficient (Wildman–Crippen LogP) is 6.73. The molecule has 0 unspecified atom stereocenters. The number of hydrogen-bond acceptors (Lipinski definition) is 13. The van der Waals surface area contributed by atoms with E-state index >= 15 is 0 Å². The minimum atomic E-state index is -4.67. The maximum absolute atomic E-state index is 14.8. The number of aryl methyl sites for hydroxylation is 5. The summed E-state index contributed by atoms with van der Waals surface area (Å²) in [6.07, 6.45) is 2.85. The van der Waals surface area contributed by atoms with Gasteiger partial charge in [-0.05, 0) is 61.7 Å². The van der Waals surface area contributed by atoms with Gasteiger partial charge in [0.15, 0.2) is 4.90 Å². The summed E-state index contributed by atoms with van der Waals surface area (Å²) in [6, 6.07) is 17.2. The van der Waals surface area contributed by atoms with Crippen LogP contribution in [0.2, 0.25) is 5.02 Å². The normalized spacial score (nSPS) is 12.2. The van der Waals surface area contributed by atoms with E-state index in [1.54, 1.807) is 69.3 Å². The van der Waals surface area contributed by atoms with Gasteiger partial charge in [-0.2, -0.15) is 22.9 Å². The molecule has 0 bridgehead atoms. The van der Waals surface area contributed by atoms with Gasteiger partial charge in [0.1, 0.15) is 17.0 Å². The van der Waals surface area contributed by atoms with E-state index in [1.165, 1.54) is 39.2 Å². The number of thioether (sulfide) groups is 1. The second-order valence-electron chi connectivity index (χ2n) is 14.7. The van der Waals surface area contributed by atoms with Crippen LogP contribution in [0, 0.1) is 17.0 Å². The van der Waals surface area contributed by atoms with Crippen molar-refractivity contribution in [2.45, 2.75) is 48.4 Å². The number of nitro benzene ring substituents is 1. The van der Waals surface area contributed by atoms with E-state index in [4.69, 9.17) is 15.8 Å². The van der Waals surface area contributed by atoms with Gasteiger partial charge >= 0.3 is 5.97 Å². The number of rotatable bonds is 17. The predicted molar refractivity (Wildman–Crippen MR) is 237 cm³/mol. The number of halogens is 1. The van der Waals surface area contributed by atoms with Crippen molar-refractivity contribution in [1.82, 2.24) is 33.4 Å². The summed E-state index contributed by atoms with van der Waals surface area (Å²) in [5, 5.41) is 44.0. The number of phenolic OH excluding ortho intramolecular Hbond substituents is 1. The Kier molecular flexibility index (Phi) is 12.7. The van der Waals surface area contributed by atoms with Gasteiger partial charge in [0.25, 0.3) is 25.8 Å². The maximum atomic E-state index is 14.8. The molecule has 18 nitrogen and oxygen atoms in total. The lowest BCUT2D eigenvalue weighted by molar-refractivity contribution is -0.387. The molecule has 0 saturated heterocycles. The van der Waals surface area contributed by atoms with Crippen LogP contribution in [0.1, 0.15) is 45.2 Å². The Hall–Kier alpha value is -5.84. The average molecular weight is 937 g/mol. The number of aromatic carboxylic acids is 1. The molecule has 330 valence electrons. The highest BCUT2D eigenvalue weighted by molar-refractivity contribution is 7.98. The Morgan fingerprint density at radius 1 is 0.984 bits per heavy atom. The summed E-state index contributed by atoms with van der Waals surface area (Å²) in [5.74, 6) is -0.812. The molecule has 22 heteroatoms. The van der Waals surface area contributed by atoms with Crippen molar-refractivity contribution in [3.05, 3.63) is 122 Å². The topological polar surface area (TPSA) is 235 Å². The van der Waals surface area contributed by atoms with Crippen molar-refractivity contribution >= 4 is 77.0 Å². The van der Waals surface area contributed by atoms with Crippen LogP contribution in [0.5, 0.6) is 5.75 Å². The highest BCUT2D eigenvalue weighted by atomic mass is 35.5. The van der Waals surface area contributed by atoms with Crippen LogP contribution in [-0.2, 0) is 70.7 Å². The van der Waals surface area contributed by atoms with Crippen LogP contribution in [0.4, 0.5) is 5.69 Å². The van der Waals surface area contributed by atoms with E-state index in [2.05, 4.69) is 15.2 Å². The van der Waals surface area contributed by atoms with Crippen molar-refractivity contribution in [3.63, 3.8) is 0 Å². The van der Waals surface area contributed by atoms with Crippen molar-refractivity contribution < 1.29 is 40.9 Å². The molecule has 63 heavy (non-hydrogen) atoms. The number of aromatic hydroxyl groups is 1. The third-order valence-electron chi connectivity index (χ3n) is 10.5. The Morgan fingerprint density at radius 2 is 1.73 bits per heavy atom. The second kappa shape index (κ2) is 17.7. The van der Waals surface area contributed by atoms with Crippen LogP contribution >= 0.6 is 23.4 Å². The summed E-state index contributed by atoms with van der Waals surface area (Å²) in [4.78, 5) is 28.7. The lowest BCUT2D eigenvalue weighted by Crippen LogP contribution is -2.32. The molecule has 0 aliphatic heterocycles. The number of aromatic nitrogens is 6. The van der Waals surface area contributed by atoms with Crippen LogP contribution in [0.15, 0.2) is 82.7 Å². The third kappa shape index (κ3) is 9.15. The van der Waals surface area contributed by atoms with Crippen molar-refractivity contribution in [3.8, 4) is 16.9 Å². The number of carboxylic acid groups (broad SMARTS) is 1. The number of phenols is 1. The highest BCUT2D eigenvalue weighted by Crippen LogP contribution is 2.43. The van der Waals surface area contributed by atoms with Gasteiger partial charge < -0.3 is 14.8 Å². The van der Waals surface area contributed by atoms with E-state index < -0.39 is 41.6 Å². The summed E-state index contributed by atoms with van der Waals surface area (Å²) in [6.45, 7) is 0.816. The zero-order valence-electron chi connectivity index (χ0n) is 34.5. The molecule has 0 aliphatic rings. The van der Waals surface area contributed by atoms with Gasteiger partial charge in [0, 0.05) is 71.6 Å². The van der Waals surface area contributed by atoms with Gasteiger partial charge in [-0.1, -0.05) is 35.9 Å². The molecule has 4 heterocycles. The average Bonchev–Trinajstić information content (AvgIpc) is 3.82. The number of nitrogens with zero attached hydrogens (tertiary/aromatic N) is 8.